The molecule has 0 aliphatic carbocycles. The van der Waals surface area contributed by atoms with Crippen LogP contribution in [0, 0.1) is 11.7 Å². The minimum absolute atomic E-state index is 0.279. The van der Waals surface area contributed by atoms with Gasteiger partial charge in [0.05, 0.1) is 0 Å². The van der Waals surface area contributed by atoms with Gasteiger partial charge in [-0.3, -0.25) is 4.79 Å². The van der Waals surface area contributed by atoms with Gasteiger partial charge in [-0.05, 0) is 18.1 Å². The molecule has 0 aliphatic rings. The number of carbonyl (C=O) groups excluding carboxylic acids is 1. The first-order valence-corrected chi connectivity index (χ1v) is 7.34. The fraction of sp³-hybridized carbons (Fsp3) is 0.417. The summed E-state index contributed by atoms with van der Waals surface area (Å²) in [4.78, 5) is 10.8. The van der Waals surface area contributed by atoms with E-state index < -0.39 is 32.7 Å². The topological polar surface area (TPSA) is 89.3 Å². The van der Waals surface area contributed by atoms with Crippen LogP contribution in [0.4, 0.5) is 4.39 Å². The summed E-state index contributed by atoms with van der Waals surface area (Å²) in [5, 5.41) is 0. The standard InChI is InChI=1S/C12H17FN2O3S/c1-3-8(2)11(12(14)16)15-19(17,18)10-7-5-4-6-9(10)13/h4-8,11,15H,3H2,1-2H3,(H2,14,16). The fourth-order valence-corrected chi connectivity index (χ4v) is 2.98. The molecule has 1 amide bonds. The van der Waals surface area contributed by atoms with Crippen LogP contribution in [0.3, 0.4) is 0 Å². The molecule has 0 fully saturated rings. The first-order chi connectivity index (χ1) is 8.79. The van der Waals surface area contributed by atoms with Crippen LogP contribution in [0.25, 0.3) is 0 Å². The number of hydrogen-bond acceptors (Lipinski definition) is 3. The smallest absolute Gasteiger partial charge is 0.244 e. The van der Waals surface area contributed by atoms with E-state index in [0.29, 0.717) is 6.42 Å². The van der Waals surface area contributed by atoms with E-state index in [0.717, 1.165) is 12.1 Å². The Labute approximate surface area is 112 Å². The number of benzene rings is 1. The summed E-state index contributed by atoms with van der Waals surface area (Å²) < 4.78 is 39.7. The van der Waals surface area contributed by atoms with Crippen molar-refractivity contribution in [1.29, 1.82) is 0 Å². The highest BCUT2D eigenvalue weighted by molar-refractivity contribution is 7.89. The van der Waals surface area contributed by atoms with Crippen molar-refractivity contribution in [3.63, 3.8) is 0 Å². The van der Waals surface area contributed by atoms with Gasteiger partial charge in [-0.25, -0.2) is 12.8 Å². The monoisotopic (exact) mass is 288 g/mol. The third-order valence-corrected chi connectivity index (χ3v) is 4.40. The van der Waals surface area contributed by atoms with Crippen LogP contribution in [-0.4, -0.2) is 20.4 Å². The third kappa shape index (κ3) is 3.74. The second-order valence-corrected chi connectivity index (χ2v) is 6.00. The molecule has 0 radical (unpaired) electrons. The van der Waals surface area contributed by atoms with Crippen molar-refractivity contribution < 1.29 is 17.6 Å². The average molecular weight is 288 g/mol. The average Bonchev–Trinajstić information content (AvgIpc) is 2.35. The van der Waals surface area contributed by atoms with Crippen molar-refractivity contribution in [3.05, 3.63) is 30.1 Å². The zero-order valence-electron chi connectivity index (χ0n) is 10.8. The molecule has 0 aliphatic heterocycles. The van der Waals surface area contributed by atoms with Gasteiger partial charge < -0.3 is 5.73 Å². The van der Waals surface area contributed by atoms with Crippen LogP contribution >= 0.6 is 0 Å². The number of halogens is 1. The Morgan fingerprint density at radius 1 is 1.42 bits per heavy atom. The summed E-state index contributed by atoms with van der Waals surface area (Å²) in [5.41, 5.74) is 5.18. The number of rotatable bonds is 6. The highest BCUT2D eigenvalue weighted by Gasteiger charge is 2.29. The zero-order valence-corrected chi connectivity index (χ0v) is 11.6. The molecule has 0 bridgehead atoms. The molecule has 0 aromatic heterocycles. The molecular formula is C12H17FN2O3S. The molecule has 3 N–H and O–H groups in total. The molecule has 1 aromatic carbocycles. The van der Waals surface area contributed by atoms with E-state index in [1.165, 1.54) is 12.1 Å². The Bertz CT molecular complexity index is 560. The number of primary amides is 1. The first kappa shape index (κ1) is 15.6. The lowest BCUT2D eigenvalue weighted by atomic mass is 10.00. The molecule has 0 saturated heterocycles. The van der Waals surface area contributed by atoms with Gasteiger partial charge in [-0.1, -0.05) is 32.4 Å². The lowest BCUT2D eigenvalue weighted by Gasteiger charge is -2.21. The van der Waals surface area contributed by atoms with E-state index in [4.69, 9.17) is 5.73 Å². The summed E-state index contributed by atoms with van der Waals surface area (Å²) in [6.45, 7) is 3.50. The number of carbonyl (C=O) groups is 1. The van der Waals surface area contributed by atoms with Gasteiger partial charge in [0.15, 0.2) is 0 Å². The molecule has 7 heteroatoms. The SMILES string of the molecule is CCC(C)C(NS(=O)(=O)c1ccccc1F)C(N)=O. The van der Waals surface area contributed by atoms with Crippen LogP contribution in [0.5, 0.6) is 0 Å². The van der Waals surface area contributed by atoms with Crippen molar-refractivity contribution in [2.24, 2.45) is 11.7 Å². The molecule has 2 atom stereocenters. The molecule has 106 valence electrons. The van der Waals surface area contributed by atoms with E-state index in [9.17, 15) is 17.6 Å². The maximum absolute atomic E-state index is 13.5. The Morgan fingerprint density at radius 3 is 2.47 bits per heavy atom. The lowest BCUT2D eigenvalue weighted by Crippen LogP contribution is -2.48. The van der Waals surface area contributed by atoms with E-state index in [1.54, 1.807) is 13.8 Å². The Balaban J connectivity index is 3.08. The lowest BCUT2D eigenvalue weighted by molar-refractivity contribution is -0.120. The van der Waals surface area contributed by atoms with Gasteiger partial charge in [-0.15, -0.1) is 0 Å². The van der Waals surface area contributed by atoms with E-state index in [-0.39, 0.29) is 5.92 Å². The Kier molecular flexibility index (Phi) is 5.02. The summed E-state index contributed by atoms with van der Waals surface area (Å²) >= 11 is 0. The van der Waals surface area contributed by atoms with Crippen molar-refractivity contribution in [2.75, 3.05) is 0 Å². The molecule has 5 nitrogen and oxygen atoms in total. The Hall–Kier alpha value is -1.47. The third-order valence-electron chi connectivity index (χ3n) is 2.93. The Morgan fingerprint density at radius 2 is 2.00 bits per heavy atom. The van der Waals surface area contributed by atoms with Crippen molar-refractivity contribution in [1.82, 2.24) is 4.72 Å². The quantitative estimate of drug-likeness (QED) is 0.818. The van der Waals surface area contributed by atoms with Crippen LogP contribution < -0.4 is 10.5 Å². The van der Waals surface area contributed by atoms with Gasteiger partial charge in [0.1, 0.15) is 16.8 Å². The molecule has 2 unspecified atom stereocenters. The van der Waals surface area contributed by atoms with Crippen molar-refractivity contribution in [3.8, 4) is 0 Å². The van der Waals surface area contributed by atoms with Crippen molar-refractivity contribution >= 4 is 15.9 Å². The maximum atomic E-state index is 13.5. The fourth-order valence-electron chi connectivity index (χ4n) is 1.58. The normalized spacial score (nSPS) is 14.9. The summed E-state index contributed by atoms with van der Waals surface area (Å²) in [5.74, 6) is -1.93. The predicted octanol–water partition coefficient (Wildman–Crippen LogP) is 1.00. The van der Waals surface area contributed by atoms with Crippen LogP contribution in [0.1, 0.15) is 20.3 Å². The molecule has 1 rings (SSSR count). The number of nitrogens with one attached hydrogen (secondary N) is 1. The van der Waals surface area contributed by atoms with E-state index >= 15 is 0 Å². The minimum Gasteiger partial charge on any atom is -0.368 e. The van der Waals surface area contributed by atoms with Gasteiger partial charge in [0.25, 0.3) is 0 Å². The number of hydrogen-bond donors (Lipinski definition) is 2. The molecule has 0 spiro atoms. The molecule has 0 heterocycles. The highest BCUT2D eigenvalue weighted by atomic mass is 32.2. The van der Waals surface area contributed by atoms with E-state index in [2.05, 4.69) is 4.72 Å². The predicted molar refractivity (Wildman–Crippen MR) is 69.2 cm³/mol. The number of nitrogens with two attached hydrogens (primary N) is 1. The molecular weight excluding hydrogens is 271 g/mol. The van der Waals surface area contributed by atoms with Crippen LogP contribution in [0.2, 0.25) is 0 Å². The molecule has 1 aromatic rings. The number of amides is 1. The molecule has 19 heavy (non-hydrogen) atoms. The first-order valence-electron chi connectivity index (χ1n) is 5.85. The maximum Gasteiger partial charge on any atom is 0.244 e. The van der Waals surface area contributed by atoms with Gasteiger partial charge >= 0.3 is 0 Å². The van der Waals surface area contributed by atoms with Gasteiger partial charge in [-0.2, -0.15) is 4.72 Å². The second kappa shape index (κ2) is 6.12. The largest absolute Gasteiger partial charge is 0.368 e. The van der Waals surface area contributed by atoms with Crippen LogP contribution in [0.15, 0.2) is 29.2 Å². The summed E-state index contributed by atoms with van der Waals surface area (Å²) in [7, 11) is -4.12. The van der Waals surface area contributed by atoms with Gasteiger partial charge in [0, 0.05) is 0 Å². The van der Waals surface area contributed by atoms with Gasteiger partial charge in [0.2, 0.25) is 15.9 Å². The van der Waals surface area contributed by atoms with E-state index in [1.807, 2.05) is 0 Å². The highest BCUT2D eigenvalue weighted by Crippen LogP contribution is 2.16. The minimum atomic E-state index is -4.12. The van der Waals surface area contributed by atoms with Crippen molar-refractivity contribution in [2.45, 2.75) is 31.2 Å². The summed E-state index contributed by atoms with van der Waals surface area (Å²) in [6.07, 6.45) is 0.563. The number of sulfonamides is 1. The summed E-state index contributed by atoms with van der Waals surface area (Å²) in [6, 6.07) is 3.90. The zero-order chi connectivity index (χ0) is 14.6. The second-order valence-electron chi connectivity index (χ2n) is 4.32. The molecule has 0 saturated carbocycles. The van der Waals surface area contributed by atoms with Crippen LogP contribution in [-0.2, 0) is 14.8 Å².